The highest BCUT2D eigenvalue weighted by Crippen LogP contribution is 2.28. The molecule has 3 heteroatoms. The SMILES string of the molecule is Cc1cc(C)cc(C(C)(CO)Nc2cccc(Br)c2)c1. The second-order valence-electron chi connectivity index (χ2n) is 5.50. The van der Waals surface area contributed by atoms with Gasteiger partial charge >= 0.3 is 0 Å². The van der Waals surface area contributed by atoms with Crippen molar-refractivity contribution < 1.29 is 5.11 Å². The van der Waals surface area contributed by atoms with Crippen LogP contribution in [0.1, 0.15) is 23.6 Å². The average Bonchev–Trinajstić information content (AvgIpc) is 2.37. The van der Waals surface area contributed by atoms with E-state index < -0.39 is 5.54 Å². The van der Waals surface area contributed by atoms with E-state index in [-0.39, 0.29) is 6.61 Å². The summed E-state index contributed by atoms with van der Waals surface area (Å²) >= 11 is 3.47. The van der Waals surface area contributed by atoms with E-state index in [1.807, 2.05) is 31.2 Å². The van der Waals surface area contributed by atoms with Crippen molar-refractivity contribution in [1.29, 1.82) is 0 Å². The highest BCUT2D eigenvalue weighted by atomic mass is 79.9. The zero-order valence-electron chi connectivity index (χ0n) is 12.1. The molecule has 0 saturated carbocycles. The lowest BCUT2D eigenvalue weighted by Gasteiger charge is -2.31. The van der Waals surface area contributed by atoms with Crippen molar-refractivity contribution in [2.75, 3.05) is 11.9 Å². The molecule has 0 heterocycles. The van der Waals surface area contributed by atoms with Gasteiger partial charge in [0.25, 0.3) is 0 Å². The van der Waals surface area contributed by atoms with Crippen molar-refractivity contribution in [2.24, 2.45) is 0 Å². The van der Waals surface area contributed by atoms with Crippen molar-refractivity contribution in [3.05, 3.63) is 63.6 Å². The van der Waals surface area contributed by atoms with Crippen LogP contribution in [0, 0.1) is 13.8 Å². The number of aliphatic hydroxyl groups excluding tert-OH is 1. The Morgan fingerprint density at radius 2 is 1.75 bits per heavy atom. The normalized spacial score (nSPS) is 13.8. The van der Waals surface area contributed by atoms with Crippen LogP contribution in [-0.4, -0.2) is 11.7 Å². The summed E-state index contributed by atoms with van der Waals surface area (Å²) in [6.07, 6.45) is 0. The van der Waals surface area contributed by atoms with Gasteiger partial charge in [-0.1, -0.05) is 51.3 Å². The summed E-state index contributed by atoms with van der Waals surface area (Å²) < 4.78 is 1.02. The van der Waals surface area contributed by atoms with Crippen LogP contribution >= 0.6 is 15.9 Å². The van der Waals surface area contributed by atoms with Crippen molar-refractivity contribution in [3.8, 4) is 0 Å². The molecule has 0 aliphatic rings. The Morgan fingerprint density at radius 1 is 1.10 bits per heavy atom. The molecule has 106 valence electrons. The van der Waals surface area contributed by atoms with Crippen LogP contribution in [0.5, 0.6) is 0 Å². The van der Waals surface area contributed by atoms with E-state index in [4.69, 9.17) is 0 Å². The Labute approximate surface area is 129 Å². The van der Waals surface area contributed by atoms with Crippen molar-refractivity contribution in [3.63, 3.8) is 0 Å². The minimum Gasteiger partial charge on any atom is -0.394 e. The lowest BCUT2D eigenvalue weighted by atomic mass is 9.90. The first-order chi connectivity index (χ1) is 9.43. The summed E-state index contributed by atoms with van der Waals surface area (Å²) in [5.74, 6) is 0. The average molecular weight is 334 g/mol. The standard InChI is InChI=1S/C17H20BrNO/c1-12-7-13(2)9-14(8-12)17(3,11-20)19-16-6-4-5-15(18)10-16/h4-10,19-20H,11H2,1-3H3. The third-order valence-corrected chi connectivity index (χ3v) is 3.91. The van der Waals surface area contributed by atoms with Gasteiger partial charge in [-0.15, -0.1) is 0 Å². The van der Waals surface area contributed by atoms with Gasteiger partial charge in [-0.05, 0) is 44.5 Å². The minimum atomic E-state index is -0.502. The highest BCUT2D eigenvalue weighted by molar-refractivity contribution is 9.10. The Kier molecular flexibility index (Phi) is 4.51. The molecule has 0 radical (unpaired) electrons. The highest BCUT2D eigenvalue weighted by Gasteiger charge is 2.26. The van der Waals surface area contributed by atoms with E-state index in [0.29, 0.717) is 0 Å². The molecule has 0 bridgehead atoms. The van der Waals surface area contributed by atoms with Gasteiger partial charge < -0.3 is 10.4 Å². The molecule has 0 aromatic heterocycles. The summed E-state index contributed by atoms with van der Waals surface area (Å²) in [5, 5.41) is 13.3. The van der Waals surface area contributed by atoms with Crippen molar-refractivity contribution >= 4 is 21.6 Å². The second-order valence-corrected chi connectivity index (χ2v) is 6.42. The van der Waals surface area contributed by atoms with Gasteiger partial charge in [0.05, 0.1) is 12.1 Å². The van der Waals surface area contributed by atoms with Crippen LogP contribution in [0.4, 0.5) is 5.69 Å². The van der Waals surface area contributed by atoms with E-state index >= 15 is 0 Å². The molecule has 2 aromatic carbocycles. The van der Waals surface area contributed by atoms with Gasteiger partial charge in [0.2, 0.25) is 0 Å². The number of anilines is 1. The number of aryl methyl sites for hydroxylation is 2. The molecule has 0 amide bonds. The van der Waals surface area contributed by atoms with E-state index in [1.54, 1.807) is 0 Å². The van der Waals surface area contributed by atoms with Gasteiger partial charge in [-0.2, -0.15) is 0 Å². The predicted molar refractivity (Wildman–Crippen MR) is 88.1 cm³/mol. The van der Waals surface area contributed by atoms with E-state index in [9.17, 15) is 5.11 Å². The fourth-order valence-corrected chi connectivity index (χ4v) is 2.78. The van der Waals surface area contributed by atoms with Crippen LogP contribution < -0.4 is 5.32 Å². The van der Waals surface area contributed by atoms with Crippen molar-refractivity contribution in [1.82, 2.24) is 0 Å². The number of halogens is 1. The van der Waals surface area contributed by atoms with Gasteiger partial charge in [-0.3, -0.25) is 0 Å². The molecule has 2 N–H and O–H groups in total. The molecule has 0 spiro atoms. The molecule has 0 aliphatic heterocycles. The fourth-order valence-electron chi connectivity index (χ4n) is 2.38. The molecule has 2 aromatic rings. The smallest absolute Gasteiger partial charge is 0.0828 e. The van der Waals surface area contributed by atoms with Gasteiger partial charge in [0.15, 0.2) is 0 Å². The van der Waals surface area contributed by atoms with Gasteiger partial charge in [0, 0.05) is 10.2 Å². The van der Waals surface area contributed by atoms with Gasteiger partial charge in [0.1, 0.15) is 0 Å². The molecule has 2 nitrogen and oxygen atoms in total. The first kappa shape index (κ1) is 15.1. The third-order valence-electron chi connectivity index (χ3n) is 3.42. The Bertz CT molecular complexity index is 591. The molecule has 1 atom stereocenters. The van der Waals surface area contributed by atoms with Crippen LogP contribution in [0.15, 0.2) is 46.9 Å². The maximum absolute atomic E-state index is 9.88. The summed E-state index contributed by atoms with van der Waals surface area (Å²) in [6, 6.07) is 14.4. The molecule has 0 aliphatic carbocycles. The maximum Gasteiger partial charge on any atom is 0.0828 e. The zero-order chi connectivity index (χ0) is 14.8. The van der Waals surface area contributed by atoms with Crippen LogP contribution in [0.3, 0.4) is 0 Å². The lowest BCUT2D eigenvalue weighted by Crippen LogP contribution is -2.36. The number of hydrogen-bond acceptors (Lipinski definition) is 2. The zero-order valence-corrected chi connectivity index (χ0v) is 13.7. The van der Waals surface area contributed by atoms with Crippen molar-refractivity contribution in [2.45, 2.75) is 26.3 Å². The Balaban J connectivity index is 2.37. The summed E-state index contributed by atoms with van der Waals surface area (Å²) in [6.45, 7) is 6.20. The van der Waals surface area contributed by atoms with E-state index in [2.05, 4.69) is 53.3 Å². The molecule has 20 heavy (non-hydrogen) atoms. The predicted octanol–water partition coefficient (Wildman–Crippen LogP) is 4.39. The molecule has 2 rings (SSSR count). The number of aliphatic hydroxyl groups is 1. The number of rotatable bonds is 4. The summed E-state index contributed by atoms with van der Waals surface area (Å²) in [4.78, 5) is 0. The summed E-state index contributed by atoms with van der Waals surface area (Å²) in [5.41, 5.74) is 3.98. The molecule has 1 unspecified atom stereocenters. The Hall–Kier alpha value is -1.32. The molecule has 0 saturated heterocycles. The van der Waals surface area contributed by atoms with Crippen LogP contribution in [0.2, 0.25) is 0 Å². The lowest BCUT2D eigenvalue weighted by molar-refractivity contribution is 0.224. The summed E-state index contributed by atoms with van der Waals surface area (Å²) in [7, 11) is 0. The van der Waals surface area contributed by atoms with Crippen LogP contribution in [-0.2, 0) is 5.54 Å². The topological polar surface area (TPSA) is 32.3 Å². The third kappa shape index (κ3) is 3.41. The number of hydrogen-bond donors (Lipinski definition) is 2. The van der Waals surface area contributed by atoms with E-state index in [1.165, 1.54) is 11.1 Å². The quantitative estimate of drug-likeness (QED) is 0.869. The maximum atomic E-state index is 9.88. The minimum absolute atomic E-state index is 0.0302. The van der Waals surface area contributed by atoms with Crippen LogP contribution in [0.25, 0.3) is 0 Å². The number of nitrogens with one attached hydrogen (secondary N) is 1. The monoisotopic (exact) mass is 333 g/mol. The van der Waals surface area contributed by atoms with Gasteiger partial charge in [-0.25, -0.2) is 0 Å². The Morgan fingerprint density at radius 3 is 2.30 bits per heavy atom. The fraction of sp³-hybridized carbons (Fsp3) is 0.294. The molecule has 0 fully saturated rings. The first-order valence-electron chi connectivity index (χ1n) is 6.66. The largest absolute Gasteiger partial charge is 0.394 e. The first-order valence-corrected chi connectivity index (χ1v) is 7.46. The molecular formula is C17H20BrNO. The number of benzene rings is 2. The second kappa shape index (κ2) is 5.98. The molecular weight excluding hydrogens is 314 g/mol. The van der Waals surface area contributed by atoms with E-state index in [0.717, 1.165) is 15.7 Å².